The molecule has 0 bridgehead atoms. The van der Waals surface area contributed by atoms with Crippen molar-refractivity contribution in [1.82, 2.24) is 4.98 Å². The Kier molecular flexibility index (Phi) is 5.51. The predicted molar refractivity (Wildman–Crippen MR) is 68.9 cm³/mol. The molecule has 0 amide bonds. The Morgan fingerprint density at radius 1 is 1.63 bits per heavy atom. The lowest BCUT2D eigenvalue weighted by Gasteiger charge is -2.08. The lowest BCUT2D eigenvalue weighted by atomic mass is 10.1. The summed E-state index contributed by atoms with van der Waals surface area (Å²) in [4.78, 5) is 24.9. The fraction of sp³-hybridized carbons (Fsp3) is 0.400. The molecule has 0 radical (unpaired) electrons. The van der Waals surface area contributed by atoms with Crippen LogP contribution in [0.1, 0.15) is 24.6 Å². The number of nitrogens with zero attached hydrogens (tertiary/aromatic N) is 2. The zero-order chi connectivity index (χ0) is 14.6. The summed E-state index contributed by atoms with van der Waals surface area (Å²) in [6.07, 6.45) is -2.46. The van der Waals surface area contributed by atoms with Crippen LogP contribution in [0.25, 0.3) is 0 Å². The van der Waals surface area contributed by atoms with E-state index in [9.17, 15) is 23.7 Å². The minimum atomic E-state index is -3.02. The standard InChI is InChI=1S/C10H9F2IN2O4/c1-2-19-7(16)3-6-9(15(17)18)8(10(11)12)5(13)4-14-6/h4,10H,2-3H2,1H3. The van der Waals surface area contributed by atoms with Gasteiger partial charge in [-0.2, -0.15) is 0 Å². The van der Waals surface area contributed by atoms with Gasteiger partial charge in [-0.1, -0.05) is 0 Å². The number of ether oxygens (including phenoxy) is 1. The van der Waals surface area contributed by atoms with Crippen LogP contribution in [0, 0.1) is 13.7 Å². The van der Waals surface area contributed by atoms with Gasteiger partial charge in [0, 0.05) is 9.77 Å². The number of esters is 1. The van der Waals surface area contributed by atoms with Gasteiger partial charge in [0.1, 0.15) is 11.3 Å². The summed E-state index contributed by atoms with van der Waals surface area (Å²) >= 11 is 1.54. The van der Waals surface area contributed by atoms with Crippen molar-refractivity contribution in [2.75, 3.05) is 6.61 Å². The van der Waals surface area contributed by atoms with E-state index < -0.39 is 35.0 Å². The first-order chi connectivity index (χ1) is 8.88. The van der Waals surface area contributed by atoms with Gasteiger partial charge in [0.05, 0.1) is 18.0 Å². The van der Waals surface area contributed by atoms with E-state index in [-0.39, 0.29) is 15.9 Å². The van der Waals surface area contributed by atoms with E-state index in [1.54, 1.807) is 6.92 Å². The second kappa shape index (κ2) is 6.68. The van der Waals surface area contributed by atoms with Crippen molar-refractivity contribution in [3.8, 4) is 0 Å². The van der Waals surface area contributed by atoms with Crippen molar-refractivity contribution in [3.63, 3.8) is 0 Å². The van der Waals surface area contributed by atoms with Gasteiger partial charge in [-0.15, -0.1) is 0 Å². The monoisotopic (exact) mass is 386 g/mol. The van der Waals surface area contributed by atoms with Crippen molar-refractivity contribution in [2.45, 2.75) is 19.8 Å². The molecular formula is C10H9F2IN2O4. The summed E-state index contributed by atoms with van der Waals surface area (Å²) in [5.41, 5.74) is -1.87. The molecule has 0 fully saturated rings. The molecule has 104 valence electrons. The van der Waals surface area contributed by atoms with Crippen LogP contribution in [0.3, 0.4) is 0 Å². The van der Waals surface area contributed by atoms with Crippen molar-refractivity contribution < 1.29 is 23.2 Å². The molecule has 19 heavy (non-hydrogen) atoms. The van der Waals surface area contributed by atoms with E-state index in [1.807, 2.05) is 0 Å². The number of nitro groups is 1. The highest BCUT2D eigenvalue weighted by Gasteiger charge is 2.30. The SMILES string of the molecule is CCOC(=O)Cc1ncc(I)c(C(F)F)c1[N+](=O)[O-]. The quantitative estimate of drug-likeness (QED) is 0.336. The number of pyridine rings is 1. The Hall–Kier alpha value is -1.39. The number of hydrogen-bond acceptors (Lipinski definition) is 5. The third kappa shape index (κ3) is 3.78. The molecule has 1 rings (SSSR count). The molecule has 0 aliphatic rings. The number of rotatable bonds is 5. The Balaban J connectivity index is 3.28. The first-order valence-electron chi connectivity index (χ1n) is 5.13. The maximum Gasteiger partial charge on any atom is 0.312 e. The van der Waals surface area contributed by atoms with E-state index in [0.717, 1.165) is 6.20 Å². The second-order valence-electron chi connectivity index (χ2n) is 3.35. The van der Waals surface area contributed by atoms with Gasteiger partial charge < -0.3 is 4.74 Å². The van der Waals surface area contributed by atoms with Gasteiger partial charge in [0.15, 0.2) is 0 Å². The molecule has 1 heterocycles. The summed E-state index contributed by atoms with van der Waals surface area (Å²) < 4.78 is 30.3. The van der Waals surface area contributed by atoms with Gasteiger partial charge in [0.25, 0.3) is 6.43 Å². The van der Waals surface area contributed by atoms with Crippen molar-refractivity contribution in [1.29, 1.82) is 0 Å². The highest BCUT2D eigenvalue weighted by Crippen LogP contribution is 2.34. The minimum absolute atomic E-state index is 0.0214. The Bertz CT molecular complexity index is 511. The van der Waals surface area contributed by atoms with Gasteiger partial charge >= 0.3 is 11.7 Å². The van der Waals surface area contributed by atoms with Crippen LogP contribution >= 0.6 is 22.6 Å². The van der Waals surface area contributed by atoms with E-state index >= 15 is 0 Å². The average molecular weight is 386 g/mol. The molecule has 9 heteroatoms. The summed E-state index contributed by atoms with van der Waals surface area (Å²) in [5, 5.41) is 10.9. The summed E-state index contributed by atoms with van der Waals surface area (Å²) in [6, 6.07) is 0. The van der Waals surface area contributed by atoms with E-state index in [1.165, 1.54) is 22.6 Å². The molecule has 1 aromatic rings. The maximum absolute atomic E-state index is 12.9. The highest BCUT2D eigenvalue weighted by atomic mass is 127. The predicted octanol–water partition coefficient (Wildman–Crippen LogP) is 2.64. The zero-order valence-corrected chi connectivity index (χ0v) is 11.9. The molecular weight excluding hydrogens is 377 g/mol. The van der Waals surface area contributed by atoms with Crippen LogP contribution in [-0.2, 0) is 16.0 Å². The van der Waals surface area contributed by atoms with Gasteiger partial charge in [-0.05, 0) is 29.5 Å². The first kappa shape index (κ1) is 15.7. The molecule has 0 aliphatic heterocycles. The van der Waals surface area contributed by atoms with Crippen molar-refractivity contribution in [2.24, 2.45) is 0 Å². The van der Waals surface area contributed by atoms with Crippen LogP contribution < -0.4 is 0 Å². The highest BCUT2D eigenvalue weighted by molar-refractivity contribution is 14.1. The smallest absolute Gasteiger partial charge is 0.312 e. The minimum Gasteiger partial charge on any atom is -0.466 e. The summed E-state index contributed by atoms with van der Waals surface area (Å²) in [6.45, 7) is 1.66. The second-order valence-corrected chi connectivity index (χ2v) is 4.52. The molecule has 6 nitrogen and oxygen atoms in total. The number of carbonyl (C=O) groups excluding carboxylic acids is 1. The molecule has 0 saturated heterocycles. The van der Waals surface area contributed by atoms with E-state index in [4.69, 9.17) is 0 Å². The van der Waals surface area contributed by atoms with E-state index in [2.05, 4.69) is 9.72 Å². The largest absolute Gasteiger partial charge is 0.466 e. The van der Waals surface area contributed by atoms with Crippen LogP contribution in [0.2, 0.25) is 0 Å². The fourth-order valence-corrected chi connectivity index (χ4v) is 2.05. The first-order valence-corrected chi connectivity index (χ1v) is 6.21. The normalized spacial score (nSPS) is 10.6. The Morgan fingerprint density at radius 2 is 2.26 bits per heavy atom. The maximum atomic E-state index is 12.9. The molecule has 0 atom stereocenters. The number of alkyl halides is 2. The fourth-order valence-electron chi connectivity index (χ4n) is 1.42. The topological polar surface area (TPSA) is 82.3 Å². The summed E-state index contributed by atoms with van der Waals surface area (Å²) in [5.74, 6) is -0.750. The third-order valence-electron chi connectivity index (χ3n) is 2.14. The molecule has 0 aromatic carbocycles. The van der Waals surface area contributed by atoms with Gasteiger partial charge in [-0.25, -0.2) is 8.78 Å². The average Bonchev–Trinajstić information content (AvgIpc) is 2.30. The molecule has 1 aromatic heterocycles. The number of hydrogen-bond donors (Lipinski definition) is 0. The Morgan fingerprint density at radius 3 is 2.74 bits per heavy atom. The lowest BCUT2D eigenvalue weighted by Crippen LogP contribution is -2.13. The molecule has 0 saturated carbocycles. The van der Waals surface area contributed by atoms with Gasteiger partial charge in [0.2, 0.25) is 0 Å². The molecule has 0 N–H and O–H groups in total. The summed E-state index contributed by atoms with van der Waals surface area (Å²) in [7, 11) is 0. The number of carbonyl (C=O) groups is 1. The molecule has 0 aliphatic carbocycles. The number of halogens is 3. The van der Waals surface area contributed by atoms with Crippen LogP contribution in [0.4, 0.5) is 14.5 Å². The third-order valence-corrected chi connectivity index (χ3v) is 3.00. The van der Waals surface area contributed by atoms with Crippen LogP contribution in [0.15, 0.2) is 6.20 Å². The lowest BCUT2D eigenvalue weighted by molar-refractivity contribution is -0.387. The van der Waals surface area contributed by atoms with Crippen LogP contribution in [-0.4, -0.2) is 22.5 Å². The van der Waals surface area contributed by atoms with Gasteiger partial charge in [-0.3, -0.25) is 19.9 Å². The zero-order valence-electron chi connectivity index (χ0n) is 9.73. The van der Waals surface area contributed by atoms with Crippen molar-refractivity contribution >= 4 is 34.2 Å². The molecule has 0 unspecified atom stereocenters. The molecule has 0 spiro atoms. The van der Waals surface area contributed by atoms with Crippen LogP contribution in [0.5, 0.6) is 0 Å². The Labute approximate surface area is 120 Å². The van der Waals surface area contributed by atoms with E-state index in [0.29, 0.717) is 0 Å². The van der Waals surface area contributed by atoms with Crippen molar-refractivity contribution in [3.05, 3.63) is 31.1 Å². The number of aromatic nitrogens is 1.